The molecule has 0 amide bonds. The molecule has 38 heavy (non-hydrogen) atoms. The van der Waals surface area contributed by atoms with Crippen LogP contribution >= 0.6 is 7.92 Å². The Hall–Kier alpha value is -1.53. The average molecular weight is 630 g/mol. The molecular formula is C32H44O4PPd+. The van der Waals surface area contributed by atoms with Gasteiger partial charge in [0.05, 0.1) is 17.0 Å². The van der Waals surface area contributed by atoms with E-state index in [0.717, 1.165) is 0 Å². The molecular weight excluding hydrogens is 586 g/mol. The van der Waals surface area contributed by atoms with Crippen molar-refractivity contribution in [3.05, 3.63) is 70.9 Å². The Labute approximate surface area is 244 Å². The van der Waals surface area contributed by atoms with E-state index in [1.807, 2.05) is 0 Å². The summed E-state index contributed by atoms with van der Waals surface area (Å²) in [4.78, 5) is 10.5. The molecule has 5 rings (SSSR count). The molecule has 3 aliphatic rings. The van der Waals surface area contributed by atoms with E-state index < -0.39 is 22.7 Å². The van der Waals surface area contributed by atoms with Crippen LogP contribution in [-0.2, 0) is 20.4 Å². The molecule has 3 fully saturated rings. The van der Waals surface area contributed by atoms with Gasteiger partial charge >= 0.3 is 20.4 Å². The molecule has 2 aromatic carbocycles. The van der Waals surface area contributed by atoms with Crippen LogP contribution in [0.2, 0.25) is 0 Å². The summed E-state index contributed by atoms with van der Waals surface area (Å²) < 4.78 is 0. The second-order valence-electron chi connectivity index (χ2n) is 10.8. The normalized spacial score (nSPS) is 18.7. The zero-order valence-electron chi connectivity index (χ0n) is 22.6. The molecule has 4 nitrogen and oxygen atoms in total. The SMILES string of the molecule is C1CCC([PH+](C2CCCCC2)C2CCCCC2)CC1.O=c1cccccc1[O-].[O-]c1ccccc[c+]1[O-].[Pd+2]. The Bertz CT molecular complexity index is 912. The molecule has 0 saturated heterocycles. The van der Waals surface area contributed by atoms with Crippen LogP contribution in [0, 0.1) is 0 Å². The minimum Gasteiger partial charge on any atom is -0.870 e. The van der Waals surface area contributed by atoms with Crippen molar-refractivity contribution in [2.45, 2.75) is 113 Å². The molecule has 0 bridgehead atoms. The maximum absolute atomic E-state index is 10.5. The number of hydrogen-bond donors (Lipinski definition) is 0. The first-order chi connectivity index (χ1) is 18.1. The Kier molecular flexibility index (Phi) is 16.1. The summed E-state index contributed by atoms with van der Waals surface area (Å²) in [5.74, 6) is -1.37. The third-order valence-electron chi connectivity index (χ3n) is 8.15. The first-order valence-electron chi connectivity index (χ1n) is 14.5. The van der Waals surface area contributed by atoms with Gasteiger partial charge in [0.2, 0.25) is 0 Å². The fourth-order valence-corrected chi connectivity index (χ4v) is 11.6. The van der Waals surface area contributed by atoms with E-state index in [0.29, 0.717) is 0 Å². The van der Waals surface area contributed by atoms with Crippen molar-refractivity contribution in [2.75, 3.05) is 0 Å². The Balaban J connectivity index is 0.000000224. The molecule has 0 atom stereocenters. The molecule has 6 heteroatoms. The van der Waals surface area contributed by atoms with Crippen LogP contribution < -0.4 is 20.7 Å². The smallest absolute Gasteiger partial charge is 0.870 e. The predicted octanol–water partition coefficient (Wildman–Crippen LogP) is 6.43. The first-order valence-corrected chi connectivity index (χ1v) is 16.2. The first kappa shape index (κ1) is 32.7. The van der Waals surface area contributed by atoms with Gasteiger partial charge in [-0.15, -0.1) is 0 Å². The Morgan fingerprint density at radius 1 is 0.605 bits per heavy atom. The Morgan fingerprint density at radius 3 is 1.53 bits per heavy atom. The summed E-state index contributed by atoms with van der Waals surface area (Å²) in [7, 11) is -0.0465. The third kappa shape index (κ3) is 11.3. The minimum atomic E-state index is -0.458. The number of rotatable bonds is 3. The molecule has 210 valence electrons. The van der Waals surface area contributed by atoms with Gasteiger partial charge in [0.1, 0.15) is 0 Å². The van der Waals surface area contributed by atoms with E-state index in [2.05, 4.69) is 0 Å². The van der Waals surface area contributed by atoms with Crippen molar-refractivity contribution in [1.82, 2.24) is 0 Å². The van der Waals surface area contributed by atoms with Crippen LogP contribution in [0.25, 0.3) is 0 Å². The maximum Gasteiger partial charge on any atom is 2.00 e. The Morgan fingerprint density at radius 2 is 1.03 bits per heavy atom. The molecule has 0 spiro atoms. The molecule has 0 unspecified atom stereocenters. The van der Waals surface area contributed by atoms with Gasteiger partial charge in [0, 0.05) is 49.8 Å². The summed E-state index contributed by atoms with van der Waals surface area (Å²) in [6.45, 7) is 0. The molecule has 0 heterocycles. The zero-order chi connectivity index (χ0) is 26.3. The topological polar surface area (TPSA) is 86.2 Å². The second-order valence-corrected chi connectivity index (χ2v) is 14.2. The second kappa shape index (κ2) is 18.7. The molecule has 3 saturated carbocycles. The largest absolute Gasteiger partial charge is 2.00 e. The van der Waals surface area contributed by atoms with Crippen LogP contribution in [-0.4, -0.2) is 17.0 Å². The summed E-state index contributed by atoms with van der Waals surface area (Å²) in [6.07, 6.45) is 23.8. The van der Waals surface area contributed by atoms with Crippen LogP contribution in [0.1, 0.15) is 96.3 Å². The van der Waals surface area contributed by atoms with Crippen molar-refractivity contribution in [1.29, 1.82) is 0 Å². The van der Waals surface area contributed by atoms with E-state index in [-0.39, 0.29) is 28.3 Å². The molecule has 0 aromatic heterocycles. The quantitative estimate of drug-likeness (QED) is 0.222. The van der Waals surface area contributed by atoms with Crippen LogP contribution in [0.4, 0.5) is 0 Å². The van der Waals surface area contributed by atoms with Crippen molar-refractivity contribution in [3.63, 3.8) is 0 Å². The minimum absolute atomic E-state index is 0. The number of hydrogen-bond acceptors (Lipinski definition) is 4. The molecule has 0 radical (unpaired) electrons. The van der Waals surface area contributed by atoms with Crippen LogP contribution in [0.15, 0.2) is 65.5 Å². The van der Waals surface area contributed by atoms with E-state index in [1.165, 1.54) is 41.2 Å². The van der Waals surface area contributed by atoms with Crippen molar-refractivity contribution in [2.24, 2.45) is 0 Å². The van der Waals surface area contributed by atoms with Crippen LogP contribution in [0.3, 0.4) is 0 Å². The fraction of sp³-hybridized carbons (Fsp3) is 0.562. The maximum atomic E-state index is 10.5. The van der Waals surface area contributed by atoms with E-state index in [9.17, 15) is 20.1 Å². The van der Waals surface area contributed by atoms with Gasteiger partial charge in [-0.2, -0.15) is 0 Å². The van der Waals surface area contributed by atoms with Gasteiger partial charge in [-0.05, 0) is 83.1 Å². The van der Waals surface area contributed by atoms with Gasteiger partial charge in [0.25, 0.3) is 0 Å². The average Bonchev–Trinajstić information content (AvgIpc) is 3.25. The molecule has 0 N–H and O–H groups in total. The van der Waals surface area contributed by atoms with Gasteiger partial charge in [-0.25, -0.2) is 0 Å². The molecule has 2 aromatic rings. The molecule has 0 aliphatic heterocycles. The summed E-state index contributed by atoms with van der Waals surface area (Å²) >= 11 is 0. The summed E-state index contributed by atoms with van der Waals surface area (Å²) in [5.41, 5.74) is 3.22. The summed E-state index contributed by atoms with van der Waals surface area (Å²) in [5, 5.41) is 31.5. The zero-order valence-corrected chi connectivity index (χ0v) is 25.1. The monoisotopic (exact) mass is 629 g/mol. The van der Waals surface area contributed by atoms with Crippen molar-refractivity contribution in [3.8, 4) is 17.2 Å². The van der Waals surface area contributed by atoms with Gasteiger partial charge in [-0.3, -0.25) is 4.79 Å². The fourth-order valence-electron chi connectivity index (χ4n) is 6.34. The van der Waals surface area contributed by atoms with Crippen molar-refractivity contribution < 1.29 is 35.7 Å². The van der Waals surface area contributed by atoms with Gasteiger partial charge in [-0.1, -0.05) is 49.3 Å². The van der Waals surface area contributed by atoms with Gasteiger partial charge < -0.3 is 15.3 Å². The van der Waals surface area contributed by atoms with E-state index in [4.69, 9.17) is 0 Å². The van der Waals surface area contributed by atoms with Gasteiger partial charge in [0.15, 0.2) is 5.43 Å². The summed E-state index contributed by atoms with van der Waals surface area (Å²) in [6, 6.07) is 14.5. The standard InChI is InChI=1S/C18H33P.2C7H6O2.Pd/c1-4-10-16(11-5-1)19(17-12-6-2-7-13-17)18-14-8-3-9-15-18;2*8-6-4-2-1-3-5-7(6)9;/h16-18H,1-15H2;1-5H,(H,8,9);1-5,8H;/q;;;+2/p-1. The predicted molar refractivity (Wildman–Crippen MR) is 151 cm³/mol. The van der Waals surface area contributed by atoms with E-state index in [1.54, 1.807) is 133 Å². The third-order valence-corrected chi connectivity index (χ3v) is 12.7. The van der Waals surface area contributed by atoms with Crippen molar-refractivity contribution >= 4 is 7.92 Å². The van der Waals surface area contributed by atoms with Crippen LogP contribution in [0.5, 0.6) is 17.2 Å². The van der Waals surface area contributed by atoms with E-state index >= 15 is 0 Å². The molecule has 3 aliphatic carbocycles.